The van der Waals surface area contributed by atoms with E-state index in [1.165, 1.54) is 56.9 Å². The number of thiazole rings is 1. The van der Waals surface area contributed by atoms with Crippen LogP contribution in [-0.2, 0) is 17.6 Å². The number of thiophene rings is 1. The lowest BCUT2D eigenvalue weighted by Crippen LogP contribution is -2.40. The third kappa shape index (κ3) is 2.97. The van der Waals surface area contributed by atoms with Crippen molar-refractivity contribution in [2.45, 2.75) is 50.1 Å². The van der Waals surface area contributed by atoms with Crippen molar-refractivity contribution in [1.29, 1.82) is 0 Å². The molecule has 156 valence electrons. The molecule has 12 heteroatoms. The van der Waals surface area contributed by atoms with Gasteiger partial charge in [-0.05, 0) is 38.2 Å². The molecule has 0 radical (unpaired) electrons. The summed E-state index contributed by atoms with van der Waals surface area (Å²) >= 11 is 4.66. The lowest BCUT2D eigenvalue weighted by molar-refractivity contribution is -0.113. The molecule has 3 aromatic heterocycles. The molecule has 2 unspecified atom stereocenters. The summed E-state index contributed by atoms with van der Waals surface area (Å²) in [6, 6.07) is 0. The number of nitrogens with zero attached hydrogens (tertiary/aromatic N) is 5. The molecular weight excluding hydrogens is 440 g/mol. The Morgan fingerprint density at radius 1 is 1.37 bits per heavy atom. The number of hydrogen-bond acceptors (Lipinski definition) is 10. The van der Waals surface area contributed by atoms with E-state index in [0.717, 1.165) is 23.9 Å². The molecule has 0 saturated carbocycles. The Bertz CT molecular complexity index is 1110. The second-order valence-electron chi connectivity index (χ2n) is 7.51. The Balaban J connectivity index is 1.34. The zero-order chi connectivity index (χ0) is 20.2. The number of hydrazine groups is 1. The maximum atomic E-state index is 12.4. The van der Waals surface area contributed by atoms with Crippen molar-refractivity contribution in [3.05, 3.63) is 27.6 Å². The smallest absolute Gasteiger partial charge is 0.249 e. The van der Waals surface area contributed by atoms with Gasteiger partial charge in [0.15, 0.2) is 10.3 Å². The summed E-state index contributed by atoms with van der Waals surface area (Å²) < 4.78 is 2.11. The number of aromatic nitrogens is 4. The highest BCUT2D eigenvalue weighted by Crippen LogP contribution is 2.48. The van der Waals surface area contributed by atoms with E-state index in [1.54, 1.807) is 6.20 Å². The number of carbonyl (C=O) groups is 1. The number of anilines is 2. The summed E-state index contributed by atoms with van der Waals surface area (Å²) in [7, 11) is 0. The molecule has 0 bridgehead atoms. The lowest BCUT2D eigenvalue weighted by atomic mass is 9.94. The maximum Gasteiger partial charge on any atom is 0.249 e. The topological polar surface area (TPSA) is 100 Å². The Kier molecular flexibility index (Phi) is 4.57. The van der Waals surface area contributed by atoms with E-state index in [2.05, 4.69) is 47.7 Å². The zero-order valence-electron chi connectivity index (χ0n) is 16.2. The first-order valence-corrected chi connectivity index (χ1v) is 12.6. The normalized spacial score (nSPS) is 21.7. The van der Waals surface area contributed by atoms with Gasteiger partial charge < -0.3 is 5.32 Å². The Morgan fingerprint density at radius 2 is 2.27 bits per heavy atom. The summed E-state index contributed by atoms with van der Waals surface area (Å²) in [6.07, 6.45) is 6.63. The average molecular weight is 461 g/mol. The van der Waals surface area contributed by atoms with Crippen LogP contribution < -0.4 is 21.1 Å². The van der Waals surface area contributed by atoms with E-state index in [9.17, 15) is 4.79 Å². The van der Waals surface area contributed by atoms with Crippen LogP contribution in [0.1, 0.15) is 41.9 Å². The molecule has 2 atom stereocenters. The number of hydrogen-bond donors (Lipinski definition) is 3. The molecular formula is C18H20N8OS3. The van der Waals surface area contributed by atoms with Crippen molar-refractivity contribution in [2.24, 2.45) is 0 Å². The van der Waals surface area contributed by atoms with Crippen molar-refractivity contribution in [1.82, 2.24) is 30.5 Å². The molecule has 2 aliphatic heterocycles. The van der Waals surface area contributed by atoms with Gasteiger partial charge in [-0.25, -0.2) is 15.0 Å². The second kappa shape index (κ2) is 7.31. The largest absolute Gasteiger partial charge is 0.301 e. The summed E-state index contributed by atoms with van der Waals surface area (Å²) in [4.78, 5) is 17.9. The predicted octanol–water partition coefficient (Wildman–Crippen LogP) is 2.67. The molecule has 1 aliphatic carbocycles. The SMILES string of the molecule is CC1NC2c3c(sc4c3CCCC4)-n3c(SCC(=O)Nc4nccs4)nnc3N2N1. The number of rotatable bonds is 4. The standard InChI is InChI=1S/C18H20N8OS3/c1-9-20-14-13-10-4-2-3-5-11(10)30-15(13)25-17(26(14)24-9)22-23-18(25)29-8-12(27)21-16-19-6-7-28-16/h6-7,9,14,20,24H,2-5,8H2,1H3,(H,19,21,27). The van der Waals surface area contributed by atoms with Gasteiger partial charge in [0.2, 0.25) is 11.9 Å². The monoisotopic (exact) mass is 460 g/mol. The van der Waals surface area contributed by atoms with Gasteiger partial charge in [0.1, 0.15) is 11.2 Å². The Morgan fingerprint density at radius 3 is 3.13 bits per heavy atom. The second-order valence-corrected chi connectivity index (χ2v) is 10.4. The van der Waals surface area contributed by atoms with Crippen LogP contribution in [0, 0.1) is 0 Å². The summed E-state index contributed by atoms with van der Waals surface area (Å²) in [5.41, 5.74) is 6.29. The van der Waals surface area contributed by atoms with Gasteiger partial charge in [-0.1, -0.05) is 11.8 Å². The first-order chi connectivity index (χ1) is 14.7. The van der Waals surface area contributed by atoms with Crippen LogP contribution in [0.15, 0.2) is 16.7 Å². The summed E-state index contributed by atoms with van der Waals surface area (Å²) in [5.74, 6) is 0.927. The predicted molar refractivity (Wildman–Crippen MR) is 118 cm³/mol. The molecule has 0 aromatic carbocycles. The molecule has 0 spiro atoms. The van der Waals surface area contributed by atoms with E-state index < -0.39 is 0 Å². The van der Waals surface area contributed by atoms with E-state index in [4.69, 9.17) is 0 Å². The van der Waals surface area contributed by atoms with Gasteiger partial charge in [-0.2, -0.15) is 0 Å². The highest BCUT2D eigenvalue weighted by Gasteiger charge is 2.43. The van der Waals surface area contributed by atoms with Crippen molar-refractivity contribution >= 4 is 51.4 Å². The van der Waals surface area contributed by atoms with Crippen LogP contribution in [0.5, 0.6) is 0 Å². The van der Waals surface area contributed by atoms with E-state index >= 15 is 0 Å². The van der Waals surface area contributed by atoms with Crippen molar-refractivity contribution in [3.63, 3.8) is 0 Å². The first kappa shape index (κ1) is 18.8. The molecule has 3 aromatic rings. The molecule has 6 rings (SSSR count). The maximum absolute atomic E-state index is 12.4. The zero-order valence-corrected chi connectivity index (χ0v) is 18.7. The fourth-order valence-electron chi connectivity index (χ4n) is 4.30. The molecule has 30 heavy (non-hydrogen) atoms. The van der Waals surface area contributed by atoms with Crippen molar-refractivity contribution < 1.29 is 4.79 Å². The molecule has 5 heterocycles. The van der Waals surface area contributed by atoms with Crippen LogP contribution in [0.4, 0.5) is 11.1 Å². The highest BCUT2D eigenvalue weighted by molar-refractivity contribution is 7.99. The molecule has 3 N–H and O–H groups in total. The number of aryl methyl sites for hydroxylation is 1. The third-order valence-corrected chi connectivity index (χ3v) is 8.42. The fraction of sp³-hybridized carbons (Fsp3) is 0.444. The molecule has 1 amide bonds. The Labute approximate surface area is 185 Å². The van der Waals surface area contributed by atoms with Crippen molar-refractivity contribution in [2.75, 3.05) is 16.1 Å². The van der Waals surface area contributed by atoms with E-state index in [0.29, 0.717) is 5.13 Å². The molecule has 1 fully saturated rings. The lowest BCUT2D eigenvalue weighted by Gasteiger charge is -2.31. The molecule has 1 saturated heterocycles. The van der Waals surface area contributed by atoms with E-state index in [-0.39, 0.29) is 24.0 Å². The number of thioether (sulfide) groups is 1. The number of carbonyl (C=O) groups excluding carboxylic acids is 1. The van der Waals surface area contributed by atoms with Gasteiger partial charge >= 0.3 is 0 Å². The summed E-state index contributed by atoms with van der Waals surface area (Å²) in [5, 5.41) is 21.8. The molecule has 9 nitrogen and oxygen atoms in total. The average Bonchev–Trinajstić information content (AvgIpc) is 3.50. The van der Waals surface area contributed by atoms with Crippen LogP contribution >= 0.6 is 34.4 Å². The number of nitrogens with one attached hydrogen (secondary N) is 3. The van der Waals surface area contributed by atoms with Gasteiger partial charge in [-0.3, -0.25) is 15.1 Å². The fourth-order valence-corrected chi connectivity index (χ4v) is 7.06. The Hall–Kier alpha value is -1.99. The van der Waals surface area contributed by atoms with Gasteiger partial charge in [0, 0.05) is 22.0 Å². The minimum atomic E-state index is -0.0960. The molecule has 3 aliphatic rings. The number of fused-ring (bicyclic) bond motifs is 8. The minimum Gasteiger partial charge on any atom is -0.301 e. The van der Waals surface area contributed by atoms with Crippen LogP contribution in [0.3, 0.4) is 0 Å². The quantitative estimate of drug-likeness (QED) is 0.511. The van der Waals surface area contributed by atoms with Crippen LogP contribution in [0.25, 0.3) is 5.00 Å². The minimum absolute atomic E-state index is 0.0656. The van der Waals surface area contributed by atoms with Crippen LogP contribution in [-0.4, -0.2) is 37.6 Å². The van der Waals surface area contributed by atoms with Gasteiger partial charge in [0.25, 0.3) is 0 Å². The number of amides is 1. The highest BCUT2D eigenvalue weighted by atomic mass is 32.2. The van der Waals surface area contributed by atoms with E-state index in [1.807, 2.05) is 16.7 Å². The van der Waals surface area contributed by atoms with Gasteiger partial charge in [-0.15, -0.1) is 32.9 Å². The van der Waals surface area contributed by atoms with Crippen molar-refractivity contribution in [3.8, 4) is 5.00 Å². The van der Waals surface area contributed by atoms with Gasteiger partial charge in [0.05, 0.1) is 11.9 Å². The first-order valence-electron chi connectivity index (χ1n) is 9.93. The third-order valence-electron chi connectivity index (χ3n) is 5.51. The van der Waals surface area contributed by atoms with Crippen LogP contribution in [0.2, 0.25) is 0 Å². The summed E-state index contributed by atoms with van der Waals surface area (Å²) in [6.45, 7) is 2.11.